The van der Waals surface area contributed by atoms with Crippen LogP contribution in [0.25, 0.3) is 0 Å². The monoisotopic (exact) mass is 210 g/mol. The summed E-state index contributed by atoms with van der Waals surface area (Å²) >= 11 is 0. The van der Waals surface area contributed by atoms with Crippen LogP contribution in [0.5, 0.6) is 0 Å². The van der Waals surface area contributed by atoms with E-state index in [1.165, 1.54) is 14.1 Å². The van der Waals surface area contributed by atoms with Gasteiger partial charge in [-0.1, -0.05) is 6.08 Å². The van der Waals surface area contributed by atoms with E-state index >= 15 is 0 Å². The predicted octanol–water partition coefficient (Wildman–Crippen LogP) is -0.533. The van der Waals surface area contributed by atoms with Crippen LogP contribution in [0.2, 0.25) is 0 Å². The minimum atomic E-state index is -0.436. The van der Waals surface area contributed by atoms with Gasteiger partial charge in [0.25, 0.3) is 5.56 Å². The molecule has 0 spiro atoms. The van der Waals surface area contributed by atoms with Crippen LogP contribution in [0.15, 0.2) is 22.2 Å². The molecule has 15 heavy (non-hydrogen) atoms. The van der Waals surface area contributed by atoms with Crippen LogP contribution in [-0.4, -0.2) is 20.9 Å². The van der Waals surface area contributed by atoms with Crippen molar-refractivity contribution in [2.45, 2.75) is 6.42 Å². The fourth-order valence-corrected chi connectivity index (χ4v) is 1.10. The zero-order valence-corrected chi connectivity index (χ0v) is 8.86. The minimum Gasteiger partial charge on any atom is -0.364 e. The molecule has 1 heterocycles. The number of anilines is 1. The standard InChI is InChI=1S/C9H14N4O2/c1-4-5-6-10-7-8(14)12(2)9(15)13(3)11-7/h4H,1,5-6H2,2-3H3,(H,10,11). The number of aryl methyl sites for hydroxylation is 1. The molecule has 0 aliphatic carbocycles. The van der Waals surface area contributed by atoms with E-state index in [0.717, 1.165) is 15.7 Å². The van der Waals surface area contributed by atoms with Crippen LogP contribution in [0, 0.1) is 0 Å². The molecule has 0 saturated carbocycles. The van der Waals surface area contributed by atoms with Gasteiger partial charge in [0, 0.05) is 20.6 Å². The highest BCUT2D eigenvalue weighted by atomic mass is 16.2. The van der Waals surface area contributed by atoms with Crippen LogP contribution in [0.4, 0.5) is 5.82 Å². The average molecular weight is 210 g/mol. The molecule has 0 atom stereocenters. The lowest BCUT2D eigenvalue weighted by atomic mass is 10.4. The van der Waals surface area contributed by atoms with Crippen molar-refractivity contribution in [1.82, 2.24) is 14.3 Å². The van der Waals surface area contributed by atoms with Gasteiger partial charge >= 0.3 is 5.69 Å². The van der Waals surface area contributed by atoms with E-state index in [-0.39, 0.29) is 5.82 Å². The van der Waals surface area contributed by atoms with Crippen LogP contribution in [0.3, 0.4) is 0 Å². The molecule has 0 unspecified atom stereocenters. The second kappa shape index (κ2) is 4.59. The molecule has 6 heteroatoms. The normalized spacial score (nSPS) is 10.0. The fraction of sp³-hybridized carbons (Fsp3) is 0.444. The van der Waals surface area contributed by atoms with Crippen LogP contribution >= 0.6 is 0 Å². The topological polar surface area (TPSA) is 68.9 Å². The Bertz CT molecular complexity index is 472. The van der Waals surface area contributed by atoms with Crippen molar-refractivity contribution < 1.29 is 0 Å². The van der Waals surface area contributed by atoms with Crippen LogP contribution in [-0.2, 0) is 14.1 Å². The van der Waals surface area contributed by atoms with Gasteiger partial charge in [-0.05, 0) is 6.42 Å². The molecule has 0 aliphatic rings. The first-order valence-electron chi connectivity index (χ1n) is 4.57. The summed E-state index contributed by atoms with van der Waals surface area (Å²) < 4.78 is 2.14. The van der Waals surface area contributed by atoms with Crippen molar-refractivity contribution >= 4 is 5.82 Å². The first-order chi connectivity index (χ1) is 7.07. The number of aromatic nitrogens is 3. The van der Waals surface area contributed by atoms with Gasteiger partial charge in [-0.2, -0.15) is 0 Å². The van der Waals surface area contributed by atoms with E-state index in [9.17, 15) is 9.59 Å². The molecule has 1 aromatic heterocycles. The van der Waals surface area contributed by atoms with Gasteiger partial charge < -0.3 is 5.32 Å². The van der Waals surface area contributed by atoms with E-state index in [0.29, 0.717) is 6.54 Å². The van der Waals surface area contributed by atoms with Crippen molar-refractivity contribution in [1.29, 1.82) is 0 Å². The maximum Gasteiger partial charge on any atom is 0.346 e. The third-order valence-corrected chi connectivity index (χ3v) is 1.96. The summed E-state index contributed by atoms with van der Waals surface area (Å²) in [5.41, 5.74) is -0.851. The highest BCUT2D eigenvalue weighted by molar-refractivity contribution is 5.29. The highest BCUT2D eigenvalue weighted by Crippen LogP contribution is 1.89. The minimum absolute atomic E-state index is 0.182. The molecule has 1 N–H and O–H groups in total. The van der Waals surface area contributed by atoms with Crippen LogP contribution < -0.4 is 16.6 Å². The van der Waals surface area contributed by atoms with Crippen molar-refractivity contribution in [2.75, 3.05) is 11.9 Å². The van der Waals surface area contributed by atoms with E-state index in [2.05, 4.69) is 17.0 Å². The zero-order chi connectivity index (χ0) is 11.4. The molecule has 1 rings (SSSR count). The number of hydrogen-bond donors (Lipinski definition) is 1. The molecule has 0 aromatic carbocycles. The molecule has 1 aromatic rings. The van der Waals surface area contributed by atoms with Crippen molar-refractivity contribution in [2.24, 2.45) is 14.1 Å². The summed E-state index contributed by atoms with van der Waals surface area (Å²) in [7, 11) is 2.92. The molecule has 0 saturated heterocycles. The summed E-state index contributed by atoms with van der Waals surface area (Å²) in [5, 5.41) is 6.68. The van der Waals surface area contributed by atoms with Gasteiger partial charge in [0.05, 0.1) is 0 Å². The molecule has 0 radical (unpaired) electrons. The number of hydrogen-bond acceptors (Lipinski definition) is 4. The summed E-state index contributed by atoms with van der Waals surface area (Å²) in [6.45, 7) is 4.14. The quantitative estimate of drug-likeness (QED) is 0.535. The van der Waals surface area contributed by atoms with E-state index in [1.807, 2.05) is 0 Å². The largest absolute Gasteiger partial charge is 0.364 e. The Labute approximate surface area is 86.9 Å². The van der Waals surface area contributed by atoms with Gasteiger partial charge in [0.1, 0.15) is 0 Å². The molecule has 0 bridgehead atoms. The Hall–Kier alpha value is -1.85. The lowest BCUT2D eigenvalue weighted by Crippen LogP contribution is -2.40. The third-order valence-electron chi connectivity index (χ3n) is 1.96. The number of nitrogens with one attached hydrogen (secondary N) is 1. The average Bonchev–Trinajstić information content (AvgIpc) is 2.23. The maximum absolute atomic E-state index is 11.5. The zero-order valence-electron chi connectivity index (χ0n) is 8.86. The van der Waals surface area contributed by atoms with Crippen molar-refractivity contribution in [3.05, 3.63) is 33.5 Å². The predicted molar refractivity (Wildman–Crippen MR) is 58.0 cm³/mol. The second-order valence-corrected chi connectivity index (χ2v) is 3.12. The third kappa shape index (κ3) is 2.34. The molecular formula is C9H14N4O2. The summed E-state index contributed by atoms with van der Waals surface area (Å²) in [4.78, 5) is 22.8. The lowest BCUT2D eigenvalue weighted by Gasteiger charge is -2.06. The Morgan fingerprint density at radius 1 is 1.47 bits per heavy atom. The smallest absolute Gasteiger partial charge is 0.346 e. The fourth-order valence-electron chi connectivity index (χ4n) is 1.10. The van der Waals surface area contributed by atoms with Gasteiger partial charge in [-0.3, -0.25) is 9.36 Å². The molecule has 0 fully saturated rings. The summed E-state index contributed by atoms with van der Waals surface area (Å²) in [6, 6.07) is 0. The highest BCUT2D eigenvalue weighted by Gasteiger charge is 2.06. The van der Waals surface area contributed by atoms with Gasteiger partial charge in [-0.15, -0.1) is 11.7 Å². The molecule has 6 nitrogen and oxygen atoms in total. The first kappa shape index (κ1) is 11.2. The Morgan fingerprint density at radius 3 is 2.73 bits per heavy atom. The number of rotatable bonds is 4. The van der Waals surface area contributed by atoms with E-state index in [1.54, 1.807) is 6.08 Å². The Balaban J connectivity index is 3.04. The Morgan fingerprint density at radius 2 is 2.13 bits per heavy atom. The molecular weight excluding hydrogens is 196 g/mol. The molecule has 0 aliphatic heterocycles. The van der Waals surface area contributed by atoms with Crippen LogP contribution in [0.1, 0.15) is 6.42 Å². The van der Waals surface area contributed by atoms with Gasteiger partial charge in [0.2, 0.25) is 5.82 Å². The summed E-state index contributed by atoms with van der Waals surface area (Å²) in [6.07, 6.45) is 2.47. The summed E-state index contributed by atoms with van der Waals surface area (Å²) in [5.74, 6) is 0.182. The first-order valence-corrected chi connectivity index (χ1v) is 4.57. The molecule has 0 amide bonds. The van der Waals surface area contributed by atoms with Crippen molar-refractivity contribution in [3.8, 4) is 0 Å². The maximum atomic E-state index is 11.5. The van der Waals surface area contributed by atoms with Crippen molar-refractivity contribution in [3.63, 3.8) is 0 Å². The SMILES string of the molecule is C=CCCNc1nn(C)c(=O)n(C)c1=O. The van der Waals surface area contributed by atoms with E-state index < -0.39 is 11.2 Å². The van der Waals surface area contributed by atoms with E-state index in [4.69, 9.17) is 0 Å². The second-order valence-electron chi connectivity index (χ2n) is 3.12. The Kier molecular flexibility index (Phi) is 3.43. The molecule has 82 valence electrons. The van der Waals surface area contributed by atoms with Gasteiger partial charge in [0.15, 0.2) is 0 Å². The number of nitrogens with zero attached hydrogens (tertiary/aromatic N) is 3. The van der Waals surface area contributed by atoms with Gasteiger partial charge in [-0.25, -0.2) is 9.48 Å². The lowest BCUT2D eigenvalue weighted by molar-refractivity contribution is 0.604.